The molecule has 1 amide bonds. The summed E-state index contributed by atoms with van der Waals surface area (Å²) in [7, 11) is 0. The van der Waals surface area contributed by atoms with Gasteiger partial charge in [0.1, 0.15) is 5.82 Å². The number of carbonyl (C=O) groups excluding carboxylic acids is 1. The van der Waals surface area contributed by atoms with E-state index in [-0.39, 0.29) is 5.91 Å². The minimum Gasteiger partial charge on any atom is -0.384 e. The Morgan fingerprint density at radius 1 is 1.30 bits per heavy atom. The lowest BCUT2D eigenvalue weighted by molar-refractivity contribution is 0.0595. The van der Waals surface area contributed by atoms with E-state index in [9.17, 15) is 4.79 Å². The van der Waals surface area contributed by atoms with Crippen LogP contribution >= 0.6 is 0 Å². The average molecular weight is 276 g/mol. The third-order valence-corrected chi connectivity index (χ3v) is 3.84. The van der Waals surface area contributed by atoms with Gasteiger partial charge in [0.05, 0.1) is 0 Å². The Balaban J connectivity index is 2.07. The topological polar surface area (TPSA) is 62.5 Å². The Kier molecular flexibility index (Phi) is 4.60. The zero-order chi connectivity index (χ0) is 14.7. The summed E-state index contributed by atoms with van der Waals surface area (Å²) < 4.78 is 0. The van der Waals surface area contributed by atoms with E-state index in [1.54, 1.807) is 6.07 Å². The van der Waals surface area contributed by atoms with Crippen LogP contribution in [0.25, 0.3) is 0 Å². The predicted octanol–water partition coefficient (Wildman–Crippen LogP) is 1.39. The van der Waals surface area contributed by atoms with E-state index in [1.807, 2.05) is 17.9 Å². The van der Waals surface area contributed by atoms with Crippen LogP contribution in [0.15, 0.2) is 12.1 Å². The Bertz CT molecular complexity index is 479. The van der Waals surface area contributed by atoms with Crippen molar-refractivity contribution in [3.05, 3.63) is 23.4 Å². The first kappa shape index (κ1) is 14.8. The third-order valence-electron chi connectivity index (χ3n) is 3.84. The molecule has 0 unspecified atom stereocenters. The number of rotatable bonds is 3. The highest BCUT2D eigenvalue weighted by atomic mass is 16.2. The number of pyridine rings is 1. The van der Waals surface area contributed by atoms with E-state index in [2.05, 4.69) is 23.7 Å². The number of nitrogens with zero attached hydrogens (tertiary/aromatic N) is 3. The Hall–Kier alpha value is -1.62. The van der Waals surface area contributed by atoms with Gasteiger partial charge in [0.25, 0.3) is 5.91 Å². The van der Waals surface area contributed by atoms with Gasteiger partial charge in [0.15, 0.2) is 0 Å². The van der Waals surface area contributed by atoms with Gasteiger partial charge in [-0.1, -0.05) is 6.92 Å². The van der Waals surface area contributed by atoms with Crippen LogP contribution in [-0.4, -0.2) is 52.9 Å². The molecular weight excluding hydrogens is 252 g/mol. The lowest BCUT2D eigenvalue weighted by Crippen LogP contribution is -2.50. The van der Waals surface area contributed by atoms with Crippen molar-refractivity contribution < 1.29 is 4.79 Å². The summed E-state index contributed by atoms with van der Waals surface area (Å²) in [6, 6.07) is 4.07. The molecule has 5 heteroatoms. The van der Waals surface area contributed by atoms with Gasteiger partial charge in [-0.15, -0.1) is 0 Å². The average Bonchev–Trinajstić information content (AvgIpc) is 2.45. The second-order valence-electron chi connectivity index (χ2n) is 5.55. The molecule has 1 aliphatic rings. The molecule has 0 spiro atoms. The minimum atomic E-state index is 0.0669. The molecule has 0 aromatic carbocycles. The largest absolute Gasteiger partial charge is 0.384 e. The molecule has 2 N–H and O–H groups in total. The Morgan fingerprint density at radius 2 is 1.95 bits per heavy atom. The lowest BCUT2D eigenvalue weighted by atomic mass is 10.1. The number of aryl methyl sites for hydroxylation is 1. The molecule has 1 aromatic heterocycles. The second-order valence-corrected chi connectivity index (χ2v) is 5.55. The highest BCUT2D eigenvalue weighted by Crippen LogP contribution is 2.14. The molecule has 0 radical (unpaired) electrons. The lowest BCUT2D eigenvalue weighted by Gasteiger charge is -2.37. The summed E-state index contributed by atoms with van der Waals surface area (Å²) in [6.07, 6.45) is 0.784. The van der Waals surface area contributed by atoms with Gasteiger partial charge in [-0.25, -0.2) is 4.98 Å². The van der Waals surface area contributed by atoms with Crippen LogP contribution in [0.1, 0.15) is 36.8 Å². The van der Waals surface area contributed by atoms with Crippen molar-refractivity contribution in [1.82, 2.24) is 14.8 Å². The molecule has 1 aromatic rings. The molecule has 1 fully saturated rings. The monoisotopic (exact) mass is 276 g/mol. The first-order valence-electron chi connectivity index (χ1n) is 7.31. The summed E-state index contributed by atoms with van der Waals surface area (Å²) in [5, 5.41) is 0. The molecular formula is C15H24N4O. The fourth-order valence-electron chi connectivity index (χ4n) is 2.54. The zero-order valence-corrected chi connectivity index (χ0v) is 12.6. The fraction of sp³-hybridized carbons (Fsp3) is 0.600. The number of hydrogen-bond acceptors (Lipinski definition) is 4. The van der Waals surface area contributed by atoms with Crippen molar-refractivity contribution in [2.45, 2.75) is 33.2 Å². The van der Waals surface area contributed by atoms with Crippen molar-refractivity contribution in [3.8, 4) is 0 Å². The Labute approximate surface area is 120 Å². The van der Waals surface area contributed by atoms with Crippen LogP contribution in [0.5, 0.6) is 0 Å². The first-order valence-corrected chi connectivity index (χ1v) is 7.31. The number of carbonyl (C=O) groups is 1. The van der Waals surface area contributed by atoms with Crippen molar-refractivity contribution >= 4 is 11.7 Å². The van der Waals surface area contributed by atoms with E-state index in [4.69, 9.17) is 5.73 Å². The third kappa shape index (κ3) is 3.28. The smallest absolute Gasteiger partial charge is 0.254 e. The number of amides is 1. The number of piperazine rings is 1. The fourth-order valence-corrected chi connectivity index (χ4v) is 2.54. The molecule has 1 saturated heterocycles. The molecule has 5 nitrogen and oxygen atoms in total. The van der Waals surface area contributed by atoms with Crippen LogP contribution in [0, 0.1) is 0 Å². The highest BCUT2D eigenvalue weighted by molar-refractivity contribution is 5.95. The maximum absolute atomic E-state index is 12.5. The molecule has 0 aliphatic carbocycles. The van der Waals surface area contributed by atoms with Crippen LogP contribution in [-0.2, 0) is 6.42 Å². The predicted molar refractivity (Wildman–Crippen MR) is 80.6 cm³/mol. The normalized spacial score (nSPS) is 16.7. The van der Waals surface area contributed by atoms with Gasteiger partial charge >= 0.3 is 0 Å². The highest BCUT2D eigenvalue weighted by Gasteiger charge is 2.23. The van der Waals surface area contributed by atoms with E-state index in [1.165, 1.54) is 0 Å². The van der Waals surface area contributed by atoms with Gasteiger partial charge in [-0.2, -0.15) is 0 Å². The second kappa shape index (κ2) is 6.22. The summed E-state index contributed by atoms with van der Waals surface area (Å²) in [4.78, 5) is 21.0. The summed E-state index contributed by atoms with van der Waals surface area (Å²) in [6.45, 7) is 9.82. The van der Waals surface area contributed by atoms with E-state index < -0.39 is 0 Å². The minimum absolute atomic E-state index is 0.0669. The van der Waals surface area contributed by atoms with Crippen molar-refractivity contribution in [3.63, 3.8) is 0 Å². The molecule has 0 atom stereocenters. The molecule has 0 saturated carbocycles. The number of anilines is 1. The molecule has 2 rings (SSSR count). The molecule has 20 heavy (non-hydrogen) atoms. The quantitative estimate of drug-likeness (QED) is 0.906. The molecule has 1 aliphatic heterocycles. The number of hydrogen-bond donors (Lipinski definition) is 1. The Morgan fingerprint density at radius 3 is 2.50 bits per heavy atom. The number of nitrogen functional groups attached to an aromatic ring is 1. The summed E-state index contributed by atoms with van der Waals surface area (Å²) in [5.41, 5.74) is 7.30. The standard InChI is InChI=1S/C15H24N4O/c1-4-13-9-12(10-14(16)17-13)15(20)19-7-5-18(6-8-19)11(2)3/h9-11H,4-8H2,1-3H3,(H2,16,17). The van der Waals surface area contributed by atoms with E-state index >= 15 is 0 Å². The van der Waals surface area contributed by atoms with Crippen LogP contribution in [0.4, 0.5) is 5.82 Å². The van der Waals surface area contributed by atoms with Gasteiger partial charge in [-0.3, -0.25) is 9.69 Å². The maximum Gasteiger partial charge on any atom is 0.254 e. The zero-order valence-electron chi connectivity index (χ0n) is 12.6. The van der Waals surface area contributed by atoms with Gasteiger partial charge in [0.2, 0.25) is 0 Å². The van der Waals surface area contributed by atoms with Crippen LogP contribution in [0.2, 0.25) is 0 Å². The van der Waals surface area contributed by atoms with Gasteiger partial charge in [-0.05, 0) is 32.4 Å². The summed E-state index contributed by atoms with van der Waals surface area (Å²) >= 11 is 0. The van der Waals surface area contributed by atoms with Gasteiger partial charge < -0.3 is 10.6 Å². The first-order chi connectivity index (χ1) is 9.51. The van der Waals surface area contributed by atoms with E-state index in [0.29, 0.717) is 17.4 Å². The molecule has 110 valence electrons. The summed E-state index contributed by atoms with van der Waals surface area (Å²) in [5.74, 6) is 0.491. The SMILES string of the molecule is CCc1cc(C(=O)N2CCN(C(C)C)CC2)cc(N)n1. The van der Waals surface area contributed by atoms with E-state index in [0.717, 1.165) is 38.3 Å². The molecule has 2 heterocycles. The maximum atomic E-state index is 12.5. The molecule has 0 bridgehead atoms. The van der Waals surface area contributed by atoms with Crippen molar-refractivity contribution in [2.75, 3.05) is 31.9 Å². The van der Waals surface area contributed by atoms with Crippen LogP contribution in [0.3, 0.4) is 0 Å². The number of nitrogens with two attached hydrogens (primary N) is 1. The van der Waals surface area contributed by atoms with Crippen molar-refractivity contribution in [2.24, 2.45) is 0 Å². The van der Waals surface area contributed by atoms with Crippen molar-refractivity contribution in [1.29, 1.82) is 0 Å². The number of aromatic nitrogens is 1. The van der Waals surface area contributed by atoms with Gasteiger partial charge in [0, 0.05) is 43.5 Å². The van der Waals surface area contributed by atoms with Crippen LogP contribution < -0.4 is 5.73 Å².